The molecule has 6 nitrogen and oxygen atoms in total. The molecule has 2 unspecified atom stereocenters. The van der Waals surface area contributed by atoms with Crippen molar-refractivity contribution in [2.45, 2.75) is 142 Å². The second kappa shape index (κ2) is 35.1. The van der Waals surface area contributed by atoms with Crippen molar-refractivity contribution >= 4 is 45.8 Å². The first-order valence-electron chi connectivity index (χ1n) is 13.0. The average Bonchev–Trinajstić information content (AvgIpc) is 2.76. The maximum Gasteiger partial charge on any atom is 2.00 e. The quantitative estimate of drug-likeness (QED) is 0.0764. The van der Waals surface area contributed by atoms with Crippen molar-refractivity contribution in [3.05, 3.63) is 0 Å². The summed E-state index contributed by atoms with van der Waals surface area (Å²) in [6.45, 7) is 5.15. The van der Waals surface area contributed by atoms with Crippen molar-refractivity contribution in [1.29, 1.82) is 0 Å². The van der Waals surface area contributed by atoms with Gasteiger partial charge in [-0.05, 0) is 12.8 Å². The second-order valence-electron chi connectivity index (χ2n) is 8.42. The van der Waals surface area contributed by atoms with Crippen LogP contribution in [0.25, 0.3) is 0 Å². The molecular formula is C24H50MgO6S2. The van der Waals surface area contributed by atoms with E-state index >= 15 is 0 Å². The second-order valence-corrected chi connectivity index (χ2v) is 9.70. The predicted molar refractivity (Wildman–Crippen MR) is 139 cm³/mol. The van der Waals surface area contributed by atoms with Crippen LogP contribution in [0.15, 0.2) is 0 Å². The van der Waals surface area contributed by atoms with Crippen LogP contribution >= 0.6 is 0 Å². The van der Waals surface area contributed by atoms with Crippen molar-refractivity contribution < 1.29 is 25.9 Å². The molecule has 0 spiro atoms. The number of hydrogen-bond donors (Lipinski definition) is 0. The van der Waals surface area contributed by atoms with Crippen LogP contribution in [0, 0.1) is 0 Å². The Morgan fingerprint density at radius 2 is 0.667 bits per heavy atom. The molecule has 0 rings (SSSR count). The zero-order valence-corrected chi connectivity index (χ0v) is 24.6. The van der Waals surface area contributed by atoms with Gasteiger partial charge in [-0.15, -0.1) is 0 Å². The molecule has 0 fully saturated rings. The molecule has 9 heteroatoms. The summed E-state index contributed by atoms with van der Waals surface area (Å²) in [5, 5.41) is 0. The van der Waals surface area contributed by atoms with Crippen LogP contribution in [0.5, 0.6) is 0 Å². The summed E-state index contributed by atoms with van der Waals surface area (Å²) in [7, 11) is 0. The third-order valence-electron chi connectivity index (χ3n) is 5.35. The van der Waals surface area contributed by atoms with Crippen LogP contribution in [0.2, 0.25) is 0 Å². The summed E-state index contributed by atoms with van der Waals surface area (Å²) in [6.07, 6.45) is 24.9. The first kappa shape index (κ1) is 38.4. The van der Waals surface area contributed by atoms with E-state index in [0.717, 1.165) is 25.7 Å². The Hall–Kier alpha value is 0.906. The van der Waals surface area contributed by atoms with Crippen molar-refractivity contribution in [3.8, 4) is 0 Å². The fourth-order valence-electron chi connectivity index (χ4n) is 3.43. The predicted octanol–water partition coefficient (Wildman–Crippen LogP) is 7.06. The van der Waals surface area contributed by atoms with Gasteiger partial charge in [0.25, 0.3) is 0 Å². The van der Waals surface area contributed by atoms with Crippen molar-refractivity contribution in [2.75, 3.05) is 13.2 Å². The standard InChI is InChI=1S/2C12H26O3S.Mg/c2*1-2-3-4-5-6-7-8-9-10-11-12-15-16(13)14;/h2*2-12H2,1H3,(H,13,14);/q;;+2/p-2. The van der Waals surface area contributed by atoms with E-state index in [1.807, 2.05) is 0 Å². The summed E-state index contributed by atoms with van der Waals surface area (Å²) in [5.41, 5.74) is 0. The van der Waals surface area contributed by atoms with Crippen LogP contribution in [-0.4, -0.2) is 53.8 Å². The molecule has 0 saturated heterocycles. The molecule has 0 aliphatic rings. The molecule has 0 aliphatic heterocycles. The third-order valence-corrected chi connectivity index (χ3v) is 6.07. The molecule has 0 heterocycles. The molecular weight excluding hydrogens is 473 g/mol. The minimum atomic E-state index is -2.33. The molecule has 0 aromatic carbocycles. The largest absolute Gasteiger partial charge is 2.00 e. The van der Waals surface area contributed by atoms with Crippen molar-refractivity contribution in [3.63, 3.8) is 0 Å². The molecule has 33 heavy (non-hydrogen) atoms. The van der Waals surface area contributed by atoms with Gasteiger partial charge < -0.3 is 17.5 Å². The Labute approximate surface area is 226 Å². The van der Waals surface area contributed by atoms with E-state index in [2.05, 4.69) is 22.2 Å². The van der Waals surface area contributed by atoms with Crippen molar-refractivity contribution in [1.82, 2.24) is 0 Å². The van der Waals surface area contributed by atoms with E-state index in [4.69, 9.17) is 0 Å². The fourth-order valence-corrected chi connectivity index (χ4v) is 3.94. The van der Waals surface area contributed by atoms with Gasteiger partial charge >= 0.3 is 23.1 Å². The van der Waals surface area contributed by atoms with E-state index in [0.29, 0.717) is 13.2 Å². The minimum Gasteiger partial charge on any atom is -0.750 e. The number of hydrogen-bond acceptors (Lipinski definition) is 6. The Balaban J connectivity index is -0.000000529. The molecule has 0 amide bonds. The molecule has 0 aliphatic carbocycles. The monoisotopic (exact) mass is 522 g/mol. The summed E-state index contributed by atoms with van der Waals surface area (Å²) in [4.78, 5) is 0. The summed E-state index contributed by atoms with van der Waals surface area (Å²) >= 11 is -4.66. The maximum atomic E-state index is 10.0. The van der Waals surface area contributed by atoms with Gasteiger partial charge in [-0.3, -0.25) is 0 Å². The van der Waals surface area contributed by atoms with Gasteiger partial charge in [0.2, 0.25) is 0 Å². The van der Waals surface area contributed by atoms with Gasteiger partial charge in [-0.25, -0.2) is 8.42 Å². The van der Waals surface area contributed by atoms with E-state index < -0.39 is 22.7 Å². The summed E-state index contributed by atoms with van der Waals surface area (Å²) < 4.78 is 49.0. The number of unbranched alkanes of at least 4 members (excludes halogenated alkanes) is 18. The van der Waals surface area contributed by atoms with Crippen molar-refractivity contribution in [2.24, 2.45) is 0 Å². The van der Waals surface area contributed by atoms with Crippen LogP contribution in [-0.2, 0) is 31.1 Å². The zero-order valence-electron chi connectivity index (χ0n) is 21.5. The zero-order chi connectivity index (χ0) is 24.1. The summed E-state index contributed by atoms with van der Waals surface area (Å²) in [6, 6.07) is 0. The van der Waals surface area contributed by atoms with Crippen LogP contribution in [0.4, 0.5) is 0 Å². The Kier molecular flexibility index (Phi) is 40.8. The molecule has 0 saturated carbocycles. The van der Waals surface area contributed by atoms with Crippen LogP contribution in [0.3, 0.4) is 0 Å². The van der Waals surface area contributed by atoms with Gasteiger partial charge in [0.15, 0.2) is 0 Å². The van der Waals surface area contributed by atoms with E-state index in [1.54, 1.807) is 0 Å². The Morgan fingerprint density at radius 1 is 0.455 bits per heavy atom. The fraction of sp³-hybridized carbons (Fsp3) is 1.00. The van der Waals surface area contributed by atoms with Gasteiger partial charge in [0, 0.05) is 0 Å². The number of rotatable bonds is 24. The molecule has 2 atom stereocenters. The maximum absolute atomic E-state index is 10.0. The molecule has 0 N–H and O–H groups in total. The van der Waals surface area contributed by atoms with Crippen LogP contribution < -0.4 is 0 Å². The SMILES string of the molecule is CCCCCCCCCCCCOS(=O)[O-].CCCCCCCCCCCCOS(=O)[O-].[Mg+2]. The smallest absolute Gasteiger partial charge is 0.750 e. The Morgan fingerprint density at radius 3 is 0.879 bits per heavy atom. The third kappa shape index (κ3) is 43.4. The van der Waals surface area contributed by atoms with Gasteiger partial charge in [-0.1, -0.05) is 129 Å². The minimum absolute atomic E-state index is 0. The van der Waals surface area contributed by atoms with Crippen LogP contribution in [0.1, 0.15) is 142 Å². The summed E-state index contributed by atoms with van der Waals surface area (Å²) in [5.74, 6) is 0. The van der Waals surface area contributed by atoms with Gasteiger partial charge in [-0.2, -0.15) is 0 Å². The molecule has 0 aromatic rings. The Bertz CT molecular complexity index is 367. The first-order chi connectivity index (χ1) is 15.5. The molecule has 0 radical (unpaired) electrons. The molecule has 0 bridgehead atoms. The van der Waals surface area contributed by atoms with E-state index in [1.165, 1.54) is 103 Å². The van der Waals surface area contributed by atoms with E-state index in [9.17, 15) is 17.5 Å². The molecule has 196 valence electrons. The topological polar surface area (TPSA) is 98.7 Å². The van der Waals surface area contributed by atoms with E-state index in [-0.39, 0.29) is 23.1 Å². The molecule has 0 aromatic heterocycles. The average molecular weight is 523 g/mol. The van der Waals surface area contributed by atoms with Gasteiger partial charge in [0.1, 0.15) is 0 Å². The van der Waals surface area contributed by atoms with Gasteiger partial charge in [0.05, 0.1) is 35.9 Å². The normalized spacial score (nSPS) is 12.5. The first-order valence-corrected chi connectivity index (χ1v) is 15.0.